The van der Waals surface area contributed by atoms with Crippen LogP contribution < -0.4 is 0 Å². The van der Waals surface area contributed by atoms with Crippen LogP contribution in [-0.2, 0) is 0 Å². The quantitative estimate of drug-likeness (QED) is 0.152. The molecule has 0 fully saturated rings. The number of para-hydroxylation sites is 5. The van der Waals surface area contributed by atoms with Gasteiger partial charge < -0.3 is 8.98 Å². The summed E-state index contributed by atoms with van der Waals surface area (Å²) in [5, 5.41) is 4.62. The highest BCUT2D eigenvalue weighted by atomic mass is 32.1. The van der Waals surface area contributed by atoms with Crippen LogP contribution in [0.25, 0.3) is 148 Å². The Balaban J connectivity index is 0.892. The number of benzene rings is 11. The van der Waals surface area contributed by atoms with E-state index in [0.29, 0.717) is 22.9 Å². The molecule has 4 aromatic heterocycles. The van der Waals surface area contributed by atoms with Crippen molar-refractivity contribution in [3.63, 3.8) is 0 Å². The summed E-state index contributed by atoms with van der Waals surface area (Å²) in [5.74, 6) is 1.05. The van der Waals surface area contributed by atoms with Gasteiger partial charge in [0.1, 0.15) is 11.2 Å². The summed E-state index contributed by atoms with van der Waals surface area (Å²) >= 11 is 1.75. The Hall–Kier alpha value is -9.75. The fourth-order valence-electron chi connectivity index (χ4n) is 10.6. The van der Waals surface area contributed by atoms with Gasteiger partial charge in [0.05, 0.1) is 26.3 Å². The van der Waals surface area contributed by atoms with Crippen LogP contribution in [0.2, 0.25) is 0 Å². The SMILES string of the molecule is [2H]c1cc([2H])c2c(c1[2H])c1c([2H])c([2H])c([2H])c([2H])c1n2-c1ccccc1-c1nc(-c2ccc(-c3cccc(-c4ccccc4)c3)cc2)nc(-c2cccc(-c3cccc4c3sc3ccc(-c5cccc6c5oc5ccccc56)cc34)c2)n1. The Bertz CT molecular complexity index is 5150. The van der Waals surface area contributed by atoms with Crippen LogP contribution in [0.1, 0.15) is 9.60 Å². The number of hydrogen-bond acceptors (Lipinski definition) is 5. The molecule has 0 spiro atoms. The standard InChI is InChI=1S/C69H42N4OS/c1-2-16-43(17-3-1)46-18-12-19-47(40-46)44-34-36-45(37-35-44)67-70-68(72-69(71-67)58-25-6-10-32-62(58)73-60-30-8-4-22-53(60)54-23-5-9-31-61(54)73)50-21-13-20-48(41-50)52-27-15-29-57-59-42-49(38-39-64(59)75-66(52)57)51-26-14-28-56-55-24-7-11-33-63(55)74-65(51)56/h1-42H/i4D,5D,8D,22D,23D,30D,31D. The molecule has 0 radical (unpaired) electrons. The molecule has 350 valence electrons. The van der Waals surface area contributed by atoms with E-state index in [1.54, 1.807) is 28.0 Å². The van der Waals surface area contributed by atoms with E-state index in [1.165, 1.54) is 6.07 Å². The van der Waals surface area contributed by atoms with Gasteiger partial charge >= 0.3 is 0 Å². The first-order valence-corrected chi connectivity index (χ1v) is 25.5. The topological polar surface area (TPSA) is 56.7 Å². The van der Waals surface area contributed by atoms with Gasteiger partial charge in [0.2, 0.25) is 0 Å². The third-order valence-corrected chi connectivity index (χ3v) is 15.4. The third kappa shape index (κ3) is 7.25. The van der Waals surface area contributed by atoms with Crippen molar-refractivity contribution >= 4 is 75.3 Å². The Morgan fingerprint density at radius 1 is 0.360 bits per heavy atom. The van der Waals surface area contributed by atoms with E-state index in [0.717, 1.165) is 97.7 Å². The maximum Gasteiger partial charge on any atom is 0.166 e. The lowest BCUT2D eigenvalue weighted by Crippen LogP contribution is -2.03. The van der Waals surface area contributed by atoms with Crippen molar-refractivity contribution < 1.29 is 14.0 Å². The van der Waals surface area contributed by atoms with Crippen molar-refractivity contribution in [3.05, 3.63) is 255 Å². The molecule has 11 aromatic carbocycles. The van der Waals surface area contributed by atoms with E-state index in [1.807, 2.05) is 72.8 Å². The summed E-state index contributed by atoms with van der Waals surface area (Å²) in [6.45, 7) is 0. The van der Waals surface area contributed by atoms with Crippen molar-refractivity contribution in [3.8, 4) is 84.4 Å². The van der Waals surface area contributed by atoms with Crippen molar-refractivity contribution in [2.75, 3.05) is 0 Å². The number of hydrogen-bond donors (Lipinski definition) is 0. The summed E-state index contributed by atoms with van der Waals surface area (Å²) in [6.07, 6.45) is 0. The zero-order valence-corrected chi connectivity index (χ0v) is 40.6. The normalized spacial score (nSPS) is 13.0. The molecule has 15 aromatic rings. The number of nitrogens with zero attached hydrogens (tertiary/aromatic N) is 4. The van der Waals surface area contributed by atoms with Crippen molar-refractivity contribution in [1.29, 1.82) is 0 Å². The minimum atomic E-state index is -0.471. The average molecular weight is 982 g/mol. The molecule has 0 saturated carbocycles. The van der Waals surface area contributed by atoms with Crippen molar-refractivity contribution in [2.24, 2.45) is 0 Å². The van der Waals surface area contributed by atoms with Crippen LogP contribution in [0, 0.1) is 0 Å². The summed E-state index contributed by atoms with van der Waals surface area (Å²) < 4.78 is 73.1. The predicted molar refractivity (Wildman–Crippen MR) is 312 cm³/mol. The second kappa shape index (κ2) is 17.5. The van der Waals surface area contributed by atoms with Gasteiger partial charge in [0.25, 0.3) is 0 Å². The number of rotatable bonds is 8. The maximum atomic E-state index is 9.28. The molecule has 0 aliphatic carbocycles. The first kappa shape index (κ1) is 36.2. The fourth-order valence-corrected chi connectivity index (χ4v) is 11.9. The molecule has 0 amide bonds. The first-order valence-electron chi connectivity index (χ1n) is 28.2. The van der Waals surface area contributed by atoms with E-state index < -0.39 is 12.1 Å². The molecular formula is C69H42N4OS. The summed E-state index contributed by atoms with van der Waals surface area (Å²) in [6, 6.07) is 69.0. The average Bonchev–Trinajstić information content (AvgIpc) is 4.40. The zero-order valence-electron chi connectivity index (χ0n) is 46.8. The van der Waals surface area contributed by atoms with Gasteiger partial charge in [-0.2, -0.15) is 0 Å². The minimum absolute atomic E-state index is 0.0565. The molecule has 0 N–H and O–H groups in total. The van der Waals surface area contributed by atoms with Crippen molar-refractivity contribution in [2.45, 2.75) is 0 Å². The number of aromatic nitrogens is 4. The maximum absolute atomic E-state index is 9.28. The van der Waals surface area contributed by atoms with Gasteiger partial charge in [0.15, 0.2) is 17.5 Å². The van der Waals surface area contributed by atoms with E-state index in [-0.39, 0.29) is 57.8 Å². The molecule has 75 heavy (non-hydrogen) atoms. The molecule has 6 heteroatoms. The summed E-state index contributed by atoms with van der Waals surface area (Å²) in [7, 11) is 0. The highest BCUT2D eigenvalue weighted by Crippen LogP contribution is 2.44. The molecule has 5 nitrogen and oxygen atoms in total. The van der Waals surface area contributed by atoms with Crippen LogP contribution in [-0.4, -0.2) is 19.5 Å². The Morgan fingerprint density at radius 2 is 0.933 bits per heavy atom. The Morgan fingerprint density at radius 3 is 1.80 bits per heavy atom. The van der Waals surface area contributed by atoms with E-state index in [9.17, 15) is 2.74 Å². The van der Waals surface area contributed by atoms with Crippen LogP contribution in [0.4, 0.5) is 0 Å². The van der Waals surface area contributed by atoms with Gasteiger partial charge in [0, 0.05) is 64.0 Å². The molecule has 0 bridgehead atoms. The number of thiophene rings is 1. The smallest absolute Gasteiger partial charge is 0.166 e. The largest absolute Gasteiger partial charge is 0.455 e. The lowest BCUT2D eigenvalue weighted by Gasteiger charge is -2.15. The fraction of sp³-hybridized carbons (Fsp3) is 0. The van der Waals surface area contributed by atoms with Gasteiger partial charge in [-0.1, -0.05) is 200 Å². The second-order valence-corrected chi connectivity index (χ2v) is 19.6. The molecular weight excluding hydrogens is 933 g/mol. The summed E-state index contributed by atoms with van der Waals surface area (Å²) in [4.78, 5) is 15.7. The van der Waals surface area contributed by atoms with E-state index >= 15 is 0 Å². The Labute approximate surface area is 445 Å². The molecule has 15 rings (SSSR count). The lowest BCUT2D eigenvalue weighted by molar-refractivity contribution is 0.670. The number of fused-ring (bicyclic) bond motifs is 9. The predicted octanol–water partition coefficient (Wildman–Crippen LogP) is 18.9. The monoisotopic (exact) mass is 981 g/mol. The van der Waals surface area contributed by atoms with Gasteiger partial charge in [-0.05, 0) is 93.5 Å². The molecule has 0 aliphatic heterocycles. The van der Waals surface area contributed by atoms with E-state index in [4.69, 9.17) is 26.2 Å². The molecule has 0 saturated heterocycles. The zero-order chi connectivity index (χ0) is 55.5. The van der Waals surface area contributed by atoms with Gasteiger partial charge in [-0.3, -0.25) is 0 Å². The van der Waals surface area contributed by atoms with Crippen LogP contribution in [0.5, 0.6) is 0 Å². The third-order valence-electron chi connectivity index (χ3n) is 14.2. The van der Waals surface area contributed by atoms with Gasteiger partial charge in [-0.25, -0.2) is 15.0 Å². The van der Waals surface area contributed by atoms with E-state index in [2.05, 4.69) is 121 Å². The highest BCUT2D eigenvalue weighted by molar-refractivity contribution is 7.26. The first-order chi connectivity index (χ1) is 40.1. The highest BCUT2D eigenvalue weighted by Gasteiger charge is 2.21. The molecule has 0 atom stereocenters. The van der Waals surface area contributed by atoms with Crippen LogP contribution >= 0.6 is 11.3 Å². The lowest BCUT2D eigenvalue weighted by atomic mass is 9.98. The summed E-state index contributed by atoms with van der Waals surface area (Å²) in [5.41, 5.74) is 12.8. The van der Waals surface area contributed by atoms with Crippen molar-refractivity contribution in [1.82, 2.24) is 19.5 Å². The molecule has 4 heterocycles. The van der Waals surface area contributed by atoms with Crippen LogP contribution in [0.3, 0.4) is 0 Å². The molecule has 0 unspecified atom stereocenters. The molecule has 0 aliphatic rings. The Kier molecular flexibility index (Phi) is 8.44. The second-order valence-electron chi connectivity index (χ2n) is 18.5. The van der Waals surface area contributed by atoms with Gasteiger partial charge in [-0.15, -0.1) is 11.3 Å². The number of furan rings is 1. The minimum Gasteiger partial charge on any atom is -0.455 e. The van der Waals surface area contributed by atoms with Crippen LogP contribution in [0.15, 0.2) is 259 Å².